The number of halogens is 2. The predicted molar refractivity (Wildman–Crippen MR) is 95.0 cm³/mol. The molecule has 0 aromatic heterocycles. The maximum atomic E-state index is 12.1. The molecule has 0 bridgehead atoms. The summed E-state index contributed by atoms with van der Waals surface area (Å²) in [5.41, 5.74) is 0.704. The summed E-state index contributed by atoms with van der Waals surface area (Å²) in [5, 5.41) is 14.2. The Morgan fingerprint density at radius 2 is 1.92 bits per heavy atom. The average Bonchev–Trinajstić information content (AvgIpc) is 2.55. The molecule has 2 rings (SSSR count). The number of nitrogens with zero attached hydrogens (tertiary/aromatic N) is 1. The third kappa shape index (κ3) is 4.52. The van der Waals surface area contributed by atoms with Crippen molar-refractivity contribution >= 4 is 40.5 Å². The first-order chi connectivity index (χ1) is 11.8. The number of hydrogen-bond donors (Lipinski definition) is 1. The van der Waals surface area contributed by atoms with Gasteiger partial charge in [-0.25, -0.2) is 0 Å². The lowest BCUT2D eigenvalue weighted by Gasteiger charge is -2.12. The van der Waals surface area contributed by atoms with E-state index in [4.69, 9.17) is 32.7 Å². The molecule has 1 amide bonds. The number of nitrogens with one attached hydrogen (secondary N) is 1. The molecule has 0 atom stereocenters. The van der Waals surface area contributed by atoms with E-state index in [1.54, 1.807) is 25.1 Å². The van der Waals surface area contributed by atoms with E-state index in [1.165, 1.54) is 19.2 Å². The van der Waals surface area contributed by atoms with E-state index in [0.29, 0.717) is 11.3 Å². The molecule has 9 heteroatoms. The Balaban J connectivity index is 2.11. The summed E-state index contributed by atoms with van der Waals surface area (Å²) < 4.78 is 10.3. The highest BCUT2D eigenvalue weighted by atomic mass is 35.5. The molecule has 2 aromatic rings. The van der Waals surface area contributed by atoms with Crippen LogP contribution in [-0.2, 0) is 4.79 Å². The summed E-state index contributed by atoms with van der Waals surface area (Å²) in [7, 11) is 1.31. The number of benzene rings is 2. The number of rotatable bonds is 6. The van der Waals surface area contributed by atoms with Crippen molar-refractivity contribution in [3.63, 3.8) is 0 Å². The summed E-state index contributed by atoms with van der Waals surface area (Å²) in [4.78, 5) is 22.5. The first-order valence-corrected chi connectivity index (χ1v) is 7.78. The number of carbonyl (C=O) groups excluding carboxylic acids is 1. The summed E-state index contributed by atoms with van der Waals surface area (Å²) in [6, 6.07) is 7.54. The molecule has 0 spiro atoms. The van der Waals surface area contributed by atoms with Crippen molar-refractivity contribution in [1.82, 2.24) is 0 Å². The molecule has 0 unspecified atom stereocenters. The first-order valence-electron chi connectivity index (χ1n) is 7.03. The highest BCUT2D eigenvalue weighted by Gasteiger charge is 2.18. The fraction of sp³-hybridized carbons (Fsp3) is 0.188. The molecule has 2 aromatic carbocycles. The maximum absolute atomic E-state index is 12.1. The third-order valence-electron chi connectivity index (χ3n) is 3.26. The summed E-state index contributed by atoms with van der Waals surface area (Å²) >= 11 is 11.9. The molecule has 25 heavy (non-hydrogen) atoms. The van der Waals surface area contributed by atoms with Gasteiger partial charge >= 0.3 is 5.69 Å². The highest BCUT2D eigenvalue weighted by molar-refractivity contribution is 6.37. The van der Waals surface area contributed by atoms with Crippen molar-refractivity contribution in [2.45, 2.75) is 6.92 Å². The van der Waals surface area contributed by atoms with Gasteiger partial charge in [-0.1, -0.05) is 29.3 Å². The van der Waals surface area contributed by atoms with Crippen LogP contribution in [0, 0.1) is 17.0 Å². The van der Waals surface area contributed by atoms with E-state index < -0.39 is 10.8 Å². The van der Waals surface area contributed by atoms with Crippen LogP contribution in [0.2, 0.25) is 10.0 Å². The van der Waals surface area contributed by atoms with Crippen LogP contribution in [0.4, 0.5) is 11.4 Å². The molecule has 7 nitrogen and oxygen atoms in total. The Hall–Kier alpha value is -2.51. The SMILES string of the molecule is COc1cc(NC(=O)COc2c(Cl)cccc2Cl)c(C)cc1[N+](=O)[O-]. The zero-order valence-electron chi connectivity index (χ0n) is 13.3. The molecule has 0 fully saturated rings. The molecule has 0 saturated carbocycles. The van der Waals surface area contributed by atoms with Crippen molar-refractivity contribution in [3.8, 4) is 11.5 Å². The van der Waals surface area contributed by atoms with Crippen LogP contribution in [0.25, 0.3) is 0 Å². The summed E-state index contributed by atoms with van der Waals surface area (Å²) in [6.45, 7) is 1.30. The maximum Gasteiger partial charge on any atom is 0.311 e. The minimum Gasteiger partial charge on any atom is -0.490 e. The topological polar surface area (TPSA) is 90.7 Å². The van der Waals surface area contributed by atoms with Gasteiger partial charge in [0.25, 0.3) is 5.91 Å². The van der Waals surface area contributed by atoms with Crippen molar-refractivity contribution in [2.24, 2.45) is 0 Å². The molecule has 1 N–H and O–H groups in total. The van der Waals surface area contributed by atoms with E-state index in [2.05, 4.69) is 5.32 Å². The lowest BCUT2D eigenvalue weighted by Crippen LogP contribution is -2.21. The van der Waals surface area contributed by atoms with E-state index in [1.807, 2.05) is 0 Å². The molecular weight excluding hydrogens is 371 g/mol. The van der Waals surface area contributed by atoms with Crippen LogP contribution >= 0.6 is 23.2 Å². The first kappa shape index (κ1) is 18.8. The smallest absolute Gasteiger partial charge is 0.311 e. The average molecular weight is 385 g/mol. The number of nitro benzene ring substituents is 1. The van der Waals surface area contributed by atoms with E-state index >= 15 is 0 Å². The molecule has 0 radical (unpaired) electrons. The lowest BCUT2D eigenvalue weighted by atomic mass is 10.1. The fourth-order valence-electron chi connectivity index (χ4n) is 2.06. The van der Waals surface area contributed by atoms with Gasteiger partial charge in [-0.05, 0) is 24.6 Å². The fourth-order valence-corrected chi connectivity index (χ4v) is 2.56. The second kappa shape index (κ2) is 8.04. The van der Waals surface area contributed by atoms with Gasteiger partial charge in [0.2, 0.25) is 0 Å². The van der Waals surface area contributed by atoms with Crippen molar-refractivity contribution in [2.75, 3.05) is 19.0 Å². The van der Waals surface area contributed by atoms with E-state index in [9.17, 15) is 14.9 Å². The number of anilines is 1. The molecule has 0 aliphatic rings. The predicted octanol–water partition coefficient (Wildman–Crippen LogP) is 4.24. The Labute approximate surface area is 153 Å². The normalized spacial score (nSPS) is 10.2. The van der Waals surface area contributed by atoms with Crippen LogP contribution in [-0.4, -0.2) is 24.5 Å². The zero-order chi connectivity index (χ0) is 18.6. The van der Waals surface area contributed by atoms with Gasteiger partial charge in [0.05, 0.1) is 22.1 Å². The van der Waals surface area contributed by atoms with Crippen molar-refractivity contribution < 1.29 is 19.2 Å². The molecular formula is C16H14Cl2N2O5. The summed E-state index contributed by atoms with van der Waals surface area (Å²) in [6.07, 6.45) is 0. The number of hydrogen-bond acceptors (Lipinski definition) is 5. The van der Waals surface area contributed by atoms with Crippen molar-refractivity contribution in [3.05, 3.63) is 56.1 Å². The number of carbonyl (C=O) groups is 1. The highest BCUT2D eigenvalue weighted by Crippen LogP contribution is 2.34. The second-order valence-electron chi connectivity index (χ2n) is 4.98. The largest absolute Gasteiger partial charge is 0.490 e. The summed E-state index contributed by atoms with van der Waals surface area (Å²) in [5.74, 6) is -0.227. The van der Waals surface area contributed by atoms with Crippen LogP contribution in [0.1, 0.15) is 5.56 Å². The Morgan fingerprint density at radius 3 is 2.48 bits per heavy atom. The van der Waals surface area contributed by atoms with Crippen LogP contribution < -0.4 is 14.8 Å². The van der Waals surface area contributed by atoms with Gasteiger partial charge in [0.15, 0.2) is 18.1 Å². The molecule has 0 saturated heterocycles. The van der Waals surface area contributed by atoms with Crippen LogP contribution in [0.5, 0.6) is 11.5 Å². The Kier molecular flexibility index (Phi) is 6.06. The number of methoxy groups -OCH3 is 1. The number of aryl methyl sites for hydroxylation is 1. The van der Waals surface area contributed by atoms with Gasteiger partial charge in [0.1, 0.15) is 0 Å². The second-order valence-corrected chi connectivity index (χ2v) is 5.80. The van der Waals surface area contributed by atoms with E-state index in [-0.39, 0.29) is 33.8 Å². The number of ether oxygens (including phenoxy) is 2. The molecule has 0 aliphatic heterocycles. The van der Waals surface area contributed by atoms with E-state index in [0.717, 1.165) is 0 Å². The van der Waals surface area contributed by atoms with Gasteiger partial charge in [-0.3, -0.25) is 14.9 Å². The van der Waals surface area contributed by atoms with Crippen LogP contribution in [0.3, 0.4) is 0 Å². The number of para-hydroxylation sites is 1. The quantitative estimate of drug-likeness (QED) is 0.594. The Bertz CT molecular complexity index is 806. The molecule has 0 heterocycles. The lowest BCUT2D eigenvalue weighted by molar-refractivity contribution is -0.385. The number of amides is 1. The van der Waals surface area contributed by atoms with Crippen molar-refractivity contribution in [1.29, 1.82) is 0 Å². The standard InChI is InChI=1S/C16H14Cl2N2O5/c1-9-6-13(20(22)23)14(24-2)7-12(9)19-15(21)8-25-16-10(17)4-3-5-11(16)18/h3-7H,8H2,1-2H3,(H,19,21). The Morgan fingerprint density at radius 1 is 1.28 bits per heavy atom. The van der Waals surface area contributed by atoms with Gasteiger partial charge in [-0.15, -0.1) is 0 Å². The zero-order valence-corrected chi connectivity index (χ0v) is 14.9. The minimum atomic E-state index is -0.556. The third-order valence-corrected chi connectivity index (χ3v) is 3.86. The van der Waals surface area contributed by atoms with Gasteiger partial charge in [-0.2, -0.15) is 0 Å². The molecule has 0 aliphatic carbocycles. The monoisotopic (exact) mass is 384 g/mol. The van der Waals surface area contributed by atoms with Gasteiger partial charge in [0, 0.05) is 17.8 Å². The van der Waals surface area contributed by atoms with Gasteiger partial charge < -0.3 is 14.8 Å². The number of nitro groups is 1. The van der Waals surface area contributed by atoms with Crippen LogP contribution in [0.15, 0.2) is 30.3 Å². The minimum absolute atomic E-state index is 0.0426. The molecule has 132 valence electrons.